The van der Waals surface area contributed by atoms with Gasteiger partial charge in [0, 0.05) is 29.6 Å². The standard InChI is InChI=1S/C12H17BrN2O2S.ClH/c1-9-8-15(10(2)7-14-9)18(16,17)12-5-3-11(13)4-6-12;/h3-6,9-10,14H,7-8H2,1-2H3;1H. The minimum atomic E-state index is -3.39. The molecule has 2 rings (SSSR count). The maximum atomic E-state index is 12.5. The number of hydrogen-bond acceptors (Lipinski definition) is 3. The van der Waals surface area contributed by atoms with Crippen LogP contribution in [0.3, 0.4) is 0 Å². The zero-order chi connectivity index (χ0) is 13.3. The Morgan fingerprint density at radius 2 is 1.84 bits per heavy atom. The van der Waals surface area contributed by atoms with E-state index in [9.17, 15) is 8.42 Å². The Bertz CT molecular complexity index is 521. The van der Waals surface area contributed by atoms with E-state index < -0.39 is 10.0 Å². The molecule has 2 unspecified atom stereocenters. The van der Waals surface area contributed by atoms with Crippen LogP contribution in [-0.4, -0.2) is 37.9 Å². The van der Waals surface area contributed by atoms with Gasteiger partial charge in [0.25, 0.3) is 0 Å². The Labute approximate surface area is 129 Å². The molecule has 0 aliphatic carbocycles. The highest BCUT2D eigenvalue weighted by Crippen LogP contribution is 2.22. The van der Waals surface area contributed by atoms with Crippen LogP contribution in [0.1, 0.15) is 13.8 Å². The molecule has 4 nitrogen and oxygen atoms in total. The molecule has 1 aromatic carbocycles. The molecule has 1 N–H and O–H groups in total. The van der Waals surface area contributed by atoms with Gasteiger partial charge in [-0.3, -0.25) is 0 Å². The third-order valence-electron chi connectivity index (χ3n) is 3.13. The van der Waals surface area contributed by atoms with Crippen molar-refractivity contribution < 1.29 is 8.42 Å². The SMILES string of the molecule is CC1CN(S(=O)(=O)c2ccc(Br)cc2)C(C)CN1.Cl. The average molecular weight is 370 g/mol. The Kier molecular flexibility index (Phi) is 5.82. The summed E-state index contributed by atoms with van der Waals surface area (Å²) in [6.45, 7) is 5.13. The summed E-state index contributed by atoms with van der Waals surface area (Å²) in [4.78, 5) is 0.353. The highest BCUT2D eigenvalue weighted by atomic mass is 79.9. The predicted molar refractivity (Wildman–Crippen MR) is 82.2 cm³/mol. The summed E-state index contributed by atoms with van der Waals surface area (Å²) >= 11 is 3.31. The lowest BCUT2D eigenvalue weighted by Gasteiger charge is -2.36. The topological polar surface area (TPSA) is 49.4 Å². The molecule has 0 aromatic heterocycles. The summed E-state index contributed by atoms with van der Waals surface area (Å²) < 4.78 is 27.5. The molecule has 0 amide bonds. The van der Waals surface area contributed by atoms with Gasteiger partial charge in [-0.1, -0.05) is 15.9 Å². The van der Waals surface area contributed by atoms with Crippen molar-refractivity contribution in [3.05, 3.63) is 28.7 Å². The van der Waals surface area contributed by atoms with Gasteiger partial charge in [-0.2, -0.15) is 4.31 Å². The van der Waals surface area contributed by atoms with Gasteiger partial charge in [0.1, 0.15) is 0 Å². The number of nitrogens with zero attached hydrogens (tertiary/aromatic N) is 1. The summed E-state index contributed by atoms with van der Waals surface area (Å²) in [7, 11) is -3.39. The Balaban J connectivity index is 0.00000180. The van der Waals surface area contributed by atoms with E-state index in [4.69, 9.17) is 0 Å². The summed E-state index contributed by atoms with van der Waals surface area (Å²) in [5.41, 5.74) is 0. The van der Waals surface area contributed by atoms with Gasteiger partial charge in [-0.05, 0) is 38.1 Å². The third-order valence-corrected chi connectivity index (χ3v) is 5.65. The molecule has 0 radical (unpaired) electrons. The van der Waals surface area contributed by atoms with E-state index in [-0.39, 0.29) is 24.5 Å². The second-order valence-corrected chi connectivity index (χ2v) is 7.49. The summed E-state index contributed by atoms with van der Waals surface area (Å²) in [6, 6.07) is 6.95. The van der Waals surface area contributed by atoms with E-state index in [1.165, 1.54) is 0 Å². The number of nitrogens with one attached hydrogen (secondary N) is 1. The van der Waals surface area contributed by atoms with Crippen LogP contribution in [0, 0.1) is 0 Å². The number of piperazine rings is 1. The molecule has 19 heavy (non-hydrogen) atoms. The van der Waals surface area contributed by atoms with Crippen molar-refractivity contribution in [3.8, 4) is 0 Å². The van der Waals surface area contributed by atoms with Crippen molar-refractivity contribution >= 4 is 38.4 Å². The highest BCUT2D eigenvalue weighted by Gasteiger charge is 2.33. The zero-order valence-electron chi connectivity index (χ0n) is 10.8. The largest absolute Gasteiger partial charge is 0.311 e. The fraction of sp³-hybridized carbons (Fsp3) is 0.500. The molecular formula is C12H18BrClN2O2S. The lowest BCUT2D eigenvalue weighted by atomic mass is 10.2. The molecule has 1 saturated heterocycles. The van der Waals surface area contributed by atoms with Crippen molar-refractivity contribution in [2.75, 3.05) is 13.1 Å². The molecular weight excluding hydrogens is 352 g/mol. The van der Waals surface area contributed by atoms with Gasteiger partial charge in [0.2, 0.25) is 10.0 Å². The molecule has 1 aliphatic heterocycles. The second-order valence-electron chi connectivity index (χ2n) is 4.69. The number of benzene rings is 1. The maximum Gasteiger partial charge on any atom is 0.243 e. The second kappa shape index (κ2) is 6.54. The molecule has 2 atom stereocenters. The number of sulfonamides is 1. The Hall–Kier alpha value is -0.140. The van der Waals surface area contributed by atoms with E-state index in [2.05, 4.69) is 21.2 Å². The van der Waals surface area contributed by atoms with Gasteiger partial charge in [0.05, 0.1) is 4.90 Å². The van der Waals surface area contributed by atoms with Gasteiger partial charge in [-0.25, -0.2) is 8.42 Å². The minimum Gasteiger partial charge on any atom is -0.311 e. The molecule has 1 heterocycles. The summed E-state index contributed by atoms with van der Waals surface area (Å²) in [5, 5.41) is 3.28. The first-order chi connectivity index (χ1) is 8.41. The zero-order valence-corrected chi connectivity index (χ0v) is 14.1. The van der Waals surface area contributed by atoms with Crippen LogP contribution in [0.2, 0.25) is 0 Å². The van der Waals surface area contributed by atoms with E-state index in [1.807, 2.05) is 13.8 Å². The molecule has 0 spiro atoms. The van der Waals surface area contributed by atoms with Gasteiger partial charge in [0.15, 0.2) is 0 Å². The first-order valence-corrected chi connectivity index (χ1v) is 8.15. The number of halogens is 2. The van der Waals surface area contributed by atoms with Crippen molar-refractivity contribution in [2.24, 2.45) is 0 Å². The van der Waals surface area contributed by atoms with Crippen LogP contribution in [0.25, 0.3) is 0 Å². The molecule has 1 aromatic rings. The van der Waals surface area contributed by atoms with Crippen LogP contribution >= 0.6 is 28.3 Å². The third kappa shape index (κ3) is 3.70. The van der Waals surface area contributed by atoms with E-state index in [0.29, 0.717) is 18.0 Å². The fourth-order valence-corrected chi connectivity index (χ4v) is 4.05. The van der Waals surface area contributed by atoms with Crippen LogP contribution in [0.4, 0.5) is 0 Å². The van der Waals surface area contributed by atoms with Crippen molar-refractivity contribution in [3.63, 3.8) is 0 Å². The van der Waals surface area contributed by atoms with Crippen LogP contribution < -0.4 is 5.32 Å². The van der Waals surface area contributed by atoms with Crippen molar-refractivity contribution in [1.29, 1.82) is 0 Å². The first-order valence-electron chi connectivity index (χ1n) is 5.92. The average Bonchev–Trinajstić information content (AvgIpc) is 2.32. The normalized spacial score (nSPS) is 24.8. The fourth-order valence-electron chi connectivity index (χ4n) is 2.06. The molecule has 7 heteroatoms. The van der Waals surface area contributed by atoms with E-state index in [1.54, 1.807) is 28.6 Å². The quantitative estimate of drug-likeness (QED) is 0.870. The van der Waals surface area contributed by atoms with Crippen LogP contribution in [-0.2, 0) is 10.0 Å². The molecule has 1 aliphatic rings. The van der Waals surface area contributed by atoms with E-state index >= 15 is 0 Å². The van der Waals surface area contributed by atoms with Crippen LogP contribution in [0.15, 0.2) is 33.6 Å². The van der Waals surface area contributed by atoms with Crippen molar-refractivity contribution in [1.82, 2.24) is 9.62 Å². The monoisotopic (exact) mass is 368 g/mol. The summed E-state index contributed by atoms with van der Waals surface area (Å²) in [6.07, 6.45) is 0. The smallest absolute Gasteiger partial charge is 0.243 e. The lowest BCUT2D eigenvalue weighted by Crippen LogP contribution is -2.56. The van der Waals surface area contributed by atoms with Crippen LogP contribution in [0.5, 0.6) is 0 Å². The lowest BCUT2D eigenvalue weighted by molar-refractivity contribution is 0.244. The van der Waals surface area contributed by atoms with Gasteiger partial charge < -0.3 is 5.32 Å². The van der Waals surface area contributed by atoms with E-state index in [0.717, 1.165) is 4.47 Å². The number of rotatable bonds is 2. The summed E-state index contributed by atoms with van der Waals surface area (Å²) in [5.74, 6) is 0. The number of hydrogen-bond donors (Lipinski definition) is 1. The van der Waals surface area contributed by atoms with Crippen molar-refractivity contribution in [2.45, 2.75) is 30.8 Å². The maximum absolute atomic E-state index is 12.5. The first kappa shape index (κ1) is 16.9. The highest BCUT2D eigenvalue weighted by molar-refractivity contribution is 9.10. The molecule has 1 fully saturated rings. The molecule has 108 valence electrons. The Morgan fingerprint density at radius 3 is 2.42 bits per heavy atom. The molecule has 0 saturated carbocycles. The van der Waals surface area contributed by atoms with Gasteiger partial charge >= 0.3 is 0 Å². The predicted octanol–water partition coefficient (Wildman–Crippen LogP) is 2.24. The minimum absolute atomic E-state index is 0. The molecule has 0 bridgehead atoms. The van der Waals surface area contributed by atoms with Gasteiger partial charge in [-0.15, -0.1) is 12.4 Å². The Morgan fingerprint density at radius 1 is 1.26 bits per heavy atom.